The molecule has 148 valence electrons. The van der Waals surface area contributed by atoms with Gasteiger partial charge in [-0.15, -0.1) is 0 Å². The van der Waals surface area contributed by atoms with E-state index in [1.54, 1.807) is 4.90 Å². The second-order valence-corrected chi connectivity index (χ2v) is 6.26. The van der Waals surface area contributed by atoms with Crippen molar-refractivity contribution in [2.45, 2.75) is 19.6 Å². The van der Waals surface area contributed by atoms with Crippen LogP contribution in [0.2, 0.25) is 0 Å². The van der Waals surface area contributed by atoms with E-state index < -0.39 is 34.1 Å². The summed E-state index contributed by atoms with van der Waals surface area (Å²) in [6.07, 6.45) is 0.902. The molecule has 1 aromatic heterocycles. The Morgan fingerprint density at radius 2 is 1.41 bits per heavy atom. The maximum Gasteiger partial charge on any atom is 0.439 e. The van der Waals surface area contributed by atoms with Gasteiger partial charge < -0.3 is 25.1 Å². The molecule has 10 nitrogen and oxygen atoms in total. The Kier molecular flexibility index (Phi) is 5.93. The van der Waals surface area contributed by atoms with E-state index in [9.17, 15) is 25.0 Å². The van der Waals surface area contributed by atoms with E-state index in [2.05, 4.69) is 4.98 Å². The van der Waals surface area contributed by atoms with Gasteiger partial charge in [0.05, 0.1) is 0 Å². The summed E-state index contributed by atoms with van der Waals surface area (Å²) in [6.45, 7) is 0.148. The maximum atomic E-state index is 13.0. The van der Waals surface area contributed by atoms with Crippen LogP contribution in [0.4, 0.5) is 11.8 Å². The van der Waals surface area contributed by atoms with E-state index in [0.717, 1.165) is 21.9 Å². The Hall–Kier alpha value is -4.08. The number of imidazole rings is 1. The zero-order valence-electron chi connectivity index (χ0n) is 15.2. The standard InChI is InChI=1S/C19H17N5O5/c25-18(14-22-13-17(23(26)27)20-19(22)24(28)29)21(11-15-7-3-1-4-8-15)12-16-9-5-2-6-10-16/h1-10,13H,11-12,14H2. The minimum Gasteiger partial charge on any atom is -0.390 e. The van der Waals surface area contributed by atoms with Gasteiger partial charge in [0.2, 0.25) is 0 Å². The highest BCUT2D eigenvalue weighted by Crippen LogP contribution is 2.19. The van der Waals surface area contributed by atoms with Gasteiger partial charge in [0, 0.05) is 13.1 Å². The predicted molar refractivity (Wildman–Crippen MR) is 103 cm³/mol. The number of hydrogen-bond acceptors (Lipinski definition) is 6. The van der Waals surface area contributed by atoms with Crippen molar-refractivity contribution < 1.29 is 14.6 Å². The molecule has 0 saturated carbocycles. The van der Waals surface area contributed by atoms with E-state index in [-0.39, 0.29) is 0 Å². The first kappa shape index (κ1) is 19.7. The number of nitrogens with zero attached hydrogens (tertiary/aromatic N) is 5. The minimum atomic E-state index is -0.848. The summed E-state index contributed by atoms with van der Waals surface area (Å²) in [4.78, 5) is 38.3. The van der Waals surface area contributed by atoms with Gasteiger partial charge in [-0.3, -0.25) is 4.79 Å². The number of rotatable bonds is 8. The topological polar surface area (TPSA) is 124 Å². The molecule has 0 N–H and O–H groups in total. The van der Waals surface area contributed by atoms with E-state index >= 15 is 0 Å². The Bertz CT molecular complexity index is 978. The van der Waals surface area contributed by atoms with Crippen LogP contribution in [0.25, 0.3) is 0 Å². The van der Waals surface area contributed by atoms with E-state index in [4.69, 9.17) is 0 Å². The number of nitro groups is 2. The summed E-state index contributed by atoms with van der Waals surface area (Å²) >= 11 is 0. The van der Waals surface area contributed by atoms with Crippen molar-refractivity contribution in [1.29, 1.82) is 0 Å². The second kappa shape index (κ2) is 8.74. The lowest BCUT2D eigenvalue weighted by Gasteiger charge is -2.22. The number of hydrogen-bond donors (Lipinski definition) is 0. The molecular weight excluding hydrogens is 378 g/mol. The largest absolute Gasteiger partial charge is 0.439 e. The molecule has 2 aromatic carbocycles. The van der Waals surface area contributed by atoms with Crippen LogP contribution in [0.15, 0.2) is 66.9 Å². The van der Waals surface area contributed by atoms with Crippen molar-refractivity contribution in [1.82, 2.24) is 14.5 Å². The van der Waals surface area contributed by atoms with E-state index in [1.165, 1.54) is 0 Å². The van der Waals surface area contributed by atoms with Crippen molar-refractivity contribution in [3.63, 3.8) is 0 Å². The van der Waals surface area contributed by atoms with Crippen molar-refractivity contribution in [2.75, 3.05) is 0 Å². The molecule has 0 unspecified atom stereocenters. The van der Waals surface area contributed by atoms with Gasteiger partial charge in [-0.05, 0) is 26.0 Å². The van der Waals surface area contributed by atoms with Crippen LogP contribution < -0.4 is 0 Å². The lowest BCUT2D eigenvalue weighted by atomic mass is 10.1. The Morgan fingerprint density at radius 3 is 1.86 bits per heavy atom. The molecule has 0 saturated heterocycles. The first-order valence-electron chi connectivity index (χ1n) is 8.65. The maximum absolute atomic E-state index is 13.0. The van der Waals surface area contributed by atoms with Gasteiger partial charge >= 0.3 is 11.8 Å². The van der Waals surface area contributed by atoms with E-state index in [0.29, 0.717) is 13.1 Å². The third kappa shape index (κ3) is 5.01. The molecule has 0 radical (unpaired) electrons. The van der Waals surface area contributed by atoms with Crippen molar-refractivity contribution in [3.05, 3.63) is 98.2 Å². The molecule has 0 fully saturated rings. The third-order valence-corrected chi connectivity index (χ3v) is 4.18. The highest BCUT2D eigenvalue weighted by atomic mass is 16.6. The molecule has 1 heterocycles. The Labute approximate surface area is 165 Å². The normalized spacial score (nSPS) is 10.5. The van der Waals surface area contributed by atoms with Crippen molar-refractivity contribution in [2.24, 2.45) is 0 Å². The lowest BCUT2D eigenvalue weighted by molar-refractivity contribution is -0.403. The number of carbonyl (C=O) groups excluding carboxylic acids is 1. The first-order chi connectivity index (χ1) is 13.9. The van der Waals surface area contributed by atoms with Gasteiger partial charge in [0.25, 0.3) is 5.91 Å². The molecule has 0 aliphatic rings. The van der Waals surface area contributed by atoms with Crippen LogP contribution in [0, 0.1) is 20.2 Å². The summed E-state index contributed by atoms with van der Waals surface area (Å²) in [5.41, 5.74) is 1.78. The molecule has 0 bridgehead atoms. The molecule has 3 rings (SSSR count). The fourth-order valence-electron chi connectivity index (χ4n) is 2.83. The summed E-state index contributed by atoms with van der Waals surface area (Å²) in [5.74, 6) is -1.85. The average Bonchev–Trinajstić information content (AvgIpc) is 3.13. The van der Waals surface area contributed by atoms with Gasteiger partial charge in [-0.2, -0.15) is 0 Å². The summed E-state index contributed by atoms with van der Waals surface area (Å²) in [6, 6.07) is 18.6. The number of carbonyl (C=O) groups is 1. The molecule has 10 heteroatoms. The average molecular weight is 395 g/mol. The van der Waals surface area contributed by atoms with Gasteiger partial charge in [0.1, 0.15) is 0 Å². The van der Waals surface area contributed by atoms with Gasteiger partial charge in [-0.1, -0.05) is 60.7 Å². The van der Waals surface area contributed by atoms with Crippen LogP contribution in [0.1, 0.15) is 11.1 Å². The monoisotopic (exact) mass is 395 g/mol. The zero-order valence-corrected chi connectivity index (χ0v) is 15.2. The van der Waals surface area contributed by atoms with Gasteiger partial charge in [0.15, 0.2) is 12.7 Å². The first-order valence-corrected chi connectivity index (χ1v) is 8.65. The number of aromatic nitrogens is 2. The molecule has 0 aliphatic heterocycles. The van der Waals surface area contributed by atoms with E-state index in [1.807, 2.05) is 60.7 Å². The molecule has 29 heavy (non-hydrogen) atoms. The molecular formula is C19H17N5O5. The molecule has 0 aliphatic carbocycles. The summed E-state index contributed by atoms with van der Waals surface area (Å²) < 4.78 is 0.892. The minimum absolute atomic E-state index is 0.291. The Morgan fingerprint density at radius 1 is 0.897 bits per heavy atom. The van der Waals surface area contributed by atoms with Crippen molar-refractivity contribution in [3.8, 4) is 0 Å². The van der Waals surface area contributed by atoms with Crippen LogP contribution in [0.5, 0.6) is 0 Å². The quantitative estimate of drug-likeness (QED) is 0.426. The zero-order chi connectivity index (χ0) is 20.8. The molecule has 0 spiro atoms. The van der Waals surface area contributed by atoms with Crippen LogP contribution in [-0.4, -0.2) is 30.2 Å². The fraction of sp³-hybridized carbons (Fsp3) is 0.158. The lowest BCUT2D eigenvalue weighted by Crippen LogP contribution is -2.33. The van der Waals surface area contributed by atoms with Crippen LogP contribution in [-0.2, 0) is 24.4 Å². The molecule has 1 amide bonds. The number of amides is 1. The Balaban J connectivity index is 1.86. The molecule has 3 aromatic rings. The molecule has 0 atom stereocenters. The summed E-state index contributed by atoms with van der Waals surface area (Å²) in [7, 11) is 0. The van der Waals surface area contributed by atoms with Crippen molar-refractivity contribution >= 4 is 17.7 Å². The second-order valence-electron chi connectivity index (χ2n) is 6.26. The number of benzene rings is 2. The van der Waals surface area contributed by atoms with Crippen LogP contribution in [0.3, 0.4) is 0 Å². The smallest absolute Gasteiger partial charge is 0.390 e. The fourth-order valence-corrected chi connectivity index (χ4v) is 2.83. The third-order valence-electron chi connectivity index (χ3n) is 4.18. The highest BCUT2D eigenvalue weighted by Gasteiger charge is 2.26. The van der Waals surface area contributed by atoms with Gasteiger partial charge in [-0.25, -0.2) is 4.57 Å². The summed E-state index contributed by atoms with van der Waals surface area (Å²) in [5, 5.41) is 22.1. The predicted octanol–water partition coefficient (Wildman–Crippen LogP) is 2.93. The SMILES string of the molecule is O=C(Cn1cc([N+](=O)[O-])nc1[N+](=O)[O-])N(Cc1ccccc1)Cc1ccccc1. The highest BCUT2D eigenvalue weighted by molar-refractivity contribution is 5.76. The van der Waals surface area contributed by atoms with Crippen LogP contribution >= 0.6 is 0 Å².